The van der Waals surface area contributed by atoms with Gasteiger partial charge < -0.3 is 24.6 Å². The Morgan fingerprint density at radius 3 is 2.46 bits per heavy atom. The van der Waals surface area contributed by atoms with E-state index in [-0.39, 0.29) is 17.9 Å². The highest BCUT2D eigenvalue weighted by molar-refractivity contribution is 5.73. The van der Waals surface area contributed by atoms with E-state index in [2.05, 4.69) is 5.32 Å². The van der Waals surface area contributed by atoms with Gasteiger partial charge in [0.2, 0.25) is 0 Å². The number of piperidine rings is 1. The summed E-state index contributed by atoms with van der Waals surface area (Å²) in [5.41, 5.74) is 0. The summed E-state index contributed by atoms with van der Waals surface area (Å²) in [6.45, 7) is 3.24. The molecule has 138 valence electrons. The first-order chi connectivity index (χ1) is 11.6. The third-order valence-electron chi connectivity index (χ3n) is 5.56. The molecule has 1 saturated carbocycles. The molecule has 2 aliphatic heterocycles. The molecule has 2 saturated heterocycles. The second kappa shape index (κ2) is 8.02. The van der Waals surface area contributed by atoms with Gasteiger partial charge in [-0.1, -0.05) is 12.8 Å². The maximum absolute atomic E-state index is 12.0. The van der Waals surface area contributed by atoms with Crippen molar-refractivity contribution in [1.82, 2.24) is 15.1 Å². The summed E-state index contributed by atoms with van der Waals surface area (Å²) in [5.74, 6) is -0.287. The van der Waals surface area contributed by atoms with Gasteiger partial charge >= 0.3 is 6.03 Å². The average molecular weight is 339 g/mol. The van der Waals surface area contributed by atoms with E-state index >= 15 is 0 Å². The van der Waals surface area contributed by atoms with Gasteiger partial charge in [-0.05, 0) is 25.7 Å². The van der Waals surface area contributed by atoms with Gasteiger partial charge in [-0.3, -0.25) is 0 Å². The van der Waals surface area contributed by atoms with Crippen LogP contribution in [-0.4, -0.2) is 74.1 Å². The van der Waals surface area contributed by atoms with Crippen LogP contribution >= 0.6 is 0 Å². The fraction of sp³-hybridized carbons (Fsp3) is 0.944. The zero-order chi connectivity index (χ0) is 17.0. The van der Waals surface area contributed by atoms with Crippen molar-refractivity contribution < 1.29 is 14.3 Å². The van der Waals surface area contributed by atoms with Crippen LogP contribution in [-0.2, 0) is 9.47 Å². The largest absolute Gasteiger partial charge is 0.347 e. The molecule has 1 N–H and O–H groups in total. The number of ether oxygens (including phenoxy) is 2. The Morgan fingerprint density at radius 2 is 1.83 bits per heavy atom. The fourth-order valence-corrected chi connectivity index (χ4v) is 4.10. The number of nitrogens with one attached hydrogen (secondary N) is 1. The topological polar surface area (TPSA) is 54.0 Å². The Kier molecular flexibility index (Phi) is 6.00. The van der Waals surface area contributed by atoms with Gasteiger partial charge in [-0.15, -0.1) is 0 Å². The molecule has 1 unspecified atom stereocenters. The number of carbonyl (C=O) groups is 1. The summed E-state index contributed by atoms with van der Waals surface area (Å²) >= 11 is 0. The van der Waals surface area contributed by atoms with Crippen LogP contribution in [0.3, 0.4) is 0 Å². The highest BCUT2D eigenvalue weighted by atomic mass is 16.7. The van der Waals surface area contributed by atoms with Gasteiger partial charge in [0.15, 0.2) is 5.79 Å². The molecule has 0 aromatic carbocycles. The molecular weight excluding hydrogens is 306 g/mol. The second-order valence-electron chi connectivity index (χ2n) is 7.72. The first-order valence-electron chi connectivity index (χ1n) is 9.59. The average Bonchev–Trinajstić information content (AvgIpc) is 2.84. The summed E-state index contributed by atoms with van der Waals surface area (Å²) in [5, 5.41) is 3.63. The first-order valence-corrected chi connectivity index (χ1v) is 9.59. The third-order valence-corrected chi connectivity index (χ3v) is 5.56. The molecule has 6 heteroatoms. The Labute approximate surface area is 145 Å². The van der Waals surface area contributed by atoms with Crippen LogP contribution in [0.15, 0.2) is 0 Å². The minimum Gasteiger partial charge on any atom is -0.347 e. The highest BCUT2D eigenvalue weighted by Crippen LogP contribution is 2.36. The van der Waals surface area contributed by atoms with Gasteiger partial charge in [-0.2, -0.15) is 0 Å². The van der Waals surface area contributed by atoms with Crippen LogP contribution in [0.1, 0.15) is 51.4 Å². The highest BCUT2D eigenvalue weighted by Gasteiger charge is 2.41. The molecule has 1 aliphatic carbocycles. The second-order valence-corrected chi connectivity index (χ2v) is 7.72. The van der Waals surface area contributed by atoms with Crippen LogP contribution in [0, 0.1) is 0 Å². The van der Waals surface area contributed by atoms with Crippen molar-refractivity contribution in [2.75, 3.05) is 40.3 Å². The third kappa shape index (κ3) is 4.41. The van der Waals surface area contributed by atoms with Crippen molar-refractivity contribution >= 4 is 6.03 Å². The molecule has 2 amide bonds. The van der Waals surface area contributed by atoms with Crippen LogP contribution in [0.25, 0.3) is 0 Å². The minimum absolute atomic E-state index is 0.122. The van der Waals surface area contributed by atoms with E-state index in [1.165, 1.54) is 25.7 Å². The molecule has 6 nitrogen and oxygen atoms in total. The van der Waals surface area contributed by atoms with E-state index in [1.807, 2.05) is 19.0 Å². The number of rotatable bonds is 3. The number of carbonyl (C=O) groups excluding carboxylic acids is 1. The van der Waals surface area contributed by atoms with Crippen LogP contribution < -0.4 is 5.32 Å². The summed E-state index contributed by atoms with van der Waals surface area (Å²) in [4.78, 5) is 15.6. The predicted octanol–water partition coefficient (Wildman–Crippen LogP) is 2.19. The van der Waals surface area contributed by atoms with Crippen molar-refractivity contribution in [1.29, 1.82) is 0 Å². The zero-order valence-electron chi connectivity index (χ0n) is 15.3. The summed E-state index contributed by atoms with van der Waals surface area (Å²) in [7, 11) is 3.63. The quantitative estimate of drug-likeness (QED) is 0.856. The Balaban J connectivity index is 1.38. The molecule has 3 rings (SSSR count). The van der Waals surface area contributed by atoms with Gasteiger partial charge in [0, 0.05) is 52.6 Å². The summed E-state index contributed by atoms with van der Waals surface area (Å²) in [6.07, 6.45) is 9.35. The lowest BCUT2D eigenvalue weighted by molar-refractivity contribution is -0.175. The van der Waals surface area contributed by atoms with Crippen molar-refractivity contribution in [3.8, 4) is 0 Å². The molecule has 3 fully saturated rings. The van der Waals surface area contributed by atoms with Gasteiger partial charge in [-0.25, -0.2) is 4.79 Å². The molecule has 1 spiro atoms. The number of nitrogens with zero attached hydrogens (tertiary/aromatic N) is 2. The van der Waals surface area contributed by atoms with E-state index in [0.717, 1.165) is 45.3 Å². The normalized spacial score (nSPS) is 28.1. The lowest BCUT2D eigenvalue weighted by atomic mass is 10.1. The lowest BCUT2D eigenvalue weighted by Gasteiger charge is -2.34. The maximum Gasteiger partial charge on any atom is 0.319 e. The van der Waals surface area contributed by atoms with Crippen molar-refractivity contribution in [2.45, 2.75) is 69.3 Å². The molecule has 2 heterocycles. The van der Waals surface area contributed by atoms with E-state index in [0.29, 0.717) is 12.6 Å². The van der Waals surface area contributed by atoms with Gasteiger partial charge in [0.25, 0.3) is 0 Å². The Bertz CT molecular complexity index is 414. The van der Waals surface area contributed by atoms with Crippen molar-refractivity contribution in [3.05, 3.63) is 0 Å². The van der Waals surface area contributed by atoms with E-state index in [4.69, 9.17) is 9.47 Å². The molecular formula is C18H33N3O3. The van der Waals surface area contributed by atoms with Gasteiger partial charge in [0.1, 0.15) is 0 Å². The summed E-state index contributed by atoms with van der Waals surface area (Å²) < 4.78 is 12.4. The zero-order valence-corrected chi connectivity index (χ0v) is 15.3. The fourth-order valence-electron chi connectivity index (χ4n) is 4.10. The van der Waals surface area contributed by atoms with Crippen LogP contribution in [0.2, 0.25) is 0 Å². The van der Waals surface area contributed by atoms with Crippen molar-refractivity contribution in [2.24, 2.45) is 0 Å². The number of urea groups is 1. The molecule has 0 aromatic heterocycles. The standard InChI is InChI=1S/C18H33N3O3/c1-20(2)17(22)21-11-7-15(8-12-21)19-13-16-14-23-18(24-16)9-5-3-4-6-10-18/h15-16,19H,3-14H2,1-2H3. The van der Waals surface area contributed by atoms with E-state index in [9.17, 15) is 4.79 Å². The van der Waals surface area contributed by atoms with Crippen molar-refractivity contribution in [3.63, 3.8) is 0 Å². The number of hydrogen-bond acceptors (Lipinski definition) is 4. The monoisotopic (exact) mass is 339 g/mol. The summed E-state index contributed by atoms with van der Waals surface area (Å²) in [6, 6.07) is 0.599. The lowest BCUT2D eigenvalue weighted by Crippen LogP contribution is -2.49. The molecule has 24 heavy (non-hydrogen) atoms. The maximum atomic E-state index is 12.0. The van der Waals surface area contributed by atoms with Crippen LogP contribution in [0.4, 0.5) is 4.79 Å². The SMILES string of the molecule is CN(C)C(=O)N1CCC(NCC2COC3(CCCCCC3)O2)CC1. The van der Waals surface area contributed by atoms with Crippen LogP contribution in [0.5, 0.6) is 0 Å². The smallest absolute Gasteiger partial charge is 0.319 e. The molecule has 3 aliphatic rings. The first kappa shape index (κ1) is 18.0. The molecule has 0 aromatic rings. The Hall–Kier alpha value is -0.850. The number of amides is 2. The number of hydrogen-bond donors (Lipinski definition) is 1. The van der Waals surface area contributed by atoms with Gasteiger partial charge in [0.05, 0.1) is 12.7 Å². The minimum atomic E-state index is -0.287. The molecule has 0 bridgehead atoms. The van der Waals surface area contributed by atoms with E-state index < -0.39 is 0 Å². The number of likely N-dealkylation sites (tertiary alicyclic amines) is 1. The Morgan fingerprint density at radius 1 is 1.17 bits per heavy atom. The van der Waals surface area contributed by atoms with E-state index in [1.54, 1.807) is 4.90 Å². The molecule has 0 radical (unpaired) electrons. The predicted molar refractivity (Wildman–Crippen MR) is 92.9 cm³/mol. The molecule has 1 atom stereocenters.